The van der Waals surface area contributed by atoms with Gasteiger partial charge in [-0.2, -0.15) is 26.3 Å². The van der Waals surface area contributed by atoms with Crippen LogP contribution in [-0.4, -0.2) is 73.6 Å². The van der Waals surface area contributed by atoms with Crippen molar-refractivity contribution in [1.29, 1.82) is 0 Å². The highest BCUT2D eigenvalue weighted by molar-refractivity contribution is 5.97. The summed E-state index contributed by atoms with van der Waals surface area (Å²) in [6.45, 7) is 1.08. The topological polar surface area (TPSA) is 62.3 Å². The maximum Gasteiger partial charge on any atom is 0.417 e. The van der Waals surface area contributed by atoms with Gasteiger partial charge in [-0.25, -0.2) is 0 Å². The van der Waals surface area contributed by atoms with Gasteiger partial charge in [-0.15, -0.1) is 0 Å². The molecule has 1 unspecified atom stereocenters. The molecule has 0 aliphatic carbocycles. The van der Waals surface area contributed by atoms with Crippen molar-refractivity contribution in [2.45, 2.75) is 30.8 Å². The van der Waals surface area contributed by atoms with Crippen LogP contribution in [0, 0.1) is 0 Å². The van der Waals surface area contributed by atoms with Crippen molar-refractivity contribution >= 4 is 17.5 Å². The minimum absolute atomic E-state index is 0.0333. The van der Waals surface area contributed by atoms with Crippen molar-refractivity contribution in [3.05, 3.63) is 89.5 Å². The van der Waals surface area contributed by atoms with Gasteiger partial charge >= 0.3 is 12.4 Å². The van der Waals surface area contributed by atoms with Crippen LogP contribution >= 0.6 is 0 Å². The van der Waals surface area contributed by atoms with E-state index in [0.717, 1.165) is 47.0 Å². The number of hydrogen-bond acceptors (Lipinski definition) is 5. The zero-order chi connectivity index (χ0) is 32.4. The first-order chi connectivity index (χ1) is 21.3. The lowest BCUT2D eigenvalue weighted by molar-refractivity contribution is -0.153. The number of methoxy groups -OCH3 is 1. The number of hydrogen-bond donors (Lipinski definition) is 0. The van der Waals surface area contributed by atoms with Crippen LogP contribution in [0.3, 0.4) is 0 Å². The van der Waals surface area contributed by atoms with Crippen LogP contribution in [0.2, 0.25) is 0 Å². The standard InChI is InChI=1S/C32H31F6N3O4/c1-44-27-10-5-4-9-26(27)39-17-19-40(20-18-39)29(43)30(45-23-13-11-22(12-14-23)31(33,34)35)15-6-16-41(21-30)28(42)24-7-2-3-8-25(24)32(36,37)38/h2-5,7-14H,6,15-21H2,1H3. The second-order valence-corrected chi connectivity index (χ2v) is 10.9. The second-order valence-electron chi connectivity index (χ2n) is 10.9. The second kappa shape index (κ2) is 12.5. The summed E-state index contributed by atoms with van der Waals surface area (Å²) in [5.41, 5.74) is -3.47. The number of anilines is 1. The summed E-state index contributed by atoms with van der Waals surface area (Å²) in [5.74, 6) is -0.783. The number of nitrogens with zero attached hydrogens (tertiary/aromatic N) is 3. The molecule has 0 aromatic heterocycles. The van der Waals surface area contributed by atoms with E-state index in [1.165, 1.54) is 12.1 Å². The summed E-state index contributed by atoms with van der Waals surface area (Å²) in [6.07, 6.45) is -9.06. The molecular formula is C32H31F6N3O4. The predicted octanol–water partition coefficient (Wildman–Crippen LogP) is 6.14. The van der Waals surface area contributed by atoms with Gasteiger partial charge in [-0.05, 0) is 61.4 Å². The third-order valence-electron chi connectivity index (χ3n) is 8.08. The molecule has 2 saturated heterocycles. The van der Waals surface area contributed by atoms with Gasteiger partial charge in [0, 0.05) is 32.7 Å². The lowest BCUT2D eigenvalue weighted by Crippen LogP contribution is -2.64. The number of alkyl halides is 6. The van der Waals surface area contributed by atoms with Crippen molar-refractivity contribution < 1.29 is 45.4 Å². The zero-order valence-electron chi connectivity index (χ0n) is 24.3. The predicted molar refractivity (Wildman–Crippen MR) is 153 cm³/mol. The quantitative estimate of drug-likeness (QED) is 0.305. The highest BCUT2D eigenvalue weighted by Gasteiger charge is 2.49. The first-order valence-electron chi connectivity index (χ1n) is 14.3. The van der Waals surface area contributed by atoms with Crippen molar-refractivity contribution in [1.82, 2.24) is 9.80 Å². The lowest BCUT2D eigenvalue weighted by Gasteiger charge is -2.45. The van der Waals surface area contributed by atoms with Gasteiger partial charge in [0.25, 0.3) is 11.8 Å². The van der Waals surface area contributed by atoms with Crippen LogP contribution in [0.1, 0.15) is 34.3 Å². The molecule has 240 valence electrons. The van der Waals surface area contributed by atoms with Crippen LogP contribution in [0.25, 0.3) is 0 Å². The Kier molecular flexibility index (Phi) is 8.90. The molecule has 7 nitrogen and oxygen atoms in total. The van der Waals surface area contributed by atoms with E-state index < -0.39 is 46.5 Å². The molecule has 2 fully saturated rings. The SMILES string of the molecule is COc1ccccc1N1CCN(C(=O)C2(Oc3ccc(C(F)(F)F)cc3)CCCN(C(=O)c3ccccc3C(F)(F)F)C2)CC1. The number of carbonyl (C=O) groups excluding carboxylic acids is 2. The smallest absolute Gasteiger partial charge is 0.417 e. The molecule has 0 spiro atoms. The van der Waals surface area contributed by atoms with Gasteiger partial charge in [0.1, 0.15) is 11.5 Å². The fourth-order valence-corrected chi connectivity index (χ4v) is 5.85. The van der Waals surface area contributed by atoms with Crippen molar-refractivity contribution in [2.24, 2.45) is 0 Å². The molecule has 3 aromatic carbocycles. The number of ether oxygens (including phenoxy) is 2. The number of halogens is 6. The van der Waals surface area contributed by atoms with Crippen molar-refractivity contribution in [3.63, 3.8) is 0 Å². The Bertz CT molecular complexity index is 1520. The summed E-state index contributed by atoms with van der Waals surface area (Å²) in [4.78, 5) is 32.6. The Labute approximate surface area is 255 Å². The molecule has 2 heterocycles. The Morgan fingerprint density at radius 1 is 0.756 bits per heavy atom. The van der Waals surface area contributed by atoms with E-state index in [1.54, 1.807) is 12.0 Å². The summed E-state index contributed by atoms with van der Waals surface area (Å²) >= 11 is 0. The summed E-state index contributed by atoms with van der Waals surface area (Å²) in [6, 6.07) is 15.7. The Morgan fingerprint density at radius 2 is 1.40 bits per heavy atom. The molecule has 2 aliphatic heterocycles. The Balaban J connectivity index is 1.43. The third kappa shape index (κ3) is 6.81. The van der Waals surface area contributed by atoms with E-state index in [0.29, 0.717) is 18.8 Å². The van der Waals surface area contributed by atoms with E-state index in [1.807, 2.05) is 24.3 Å². The number of para-hydroxylation sites is 2. The fraction of sp³-hybridized carbons (Fsp3) is 0.375. The van der Waals surface area contributed by atoms with E-state index in [4.69, 9.17) is 9.47 Å². The van der Waals surface area contributed by atoms with Crippen molar-refractivity contribution in [2.75, 3.05) is 51.3 Å². The molecule has 13 heteroatoms. The van der Waals surface area contributed by atoms with E-state index in [2.05, 4.69) is 4.90 Å². The minimum atomic E-state index is -4.78. The Morgan fingerprint density at radius 3 is 2.04 bits per heavy atom. The molecule has 0 saturated carbocycles. The average molecular weight is 636 g/mol. The monoisotopic (exact) mass is 635 g/mol. The molecule has 0 bridgehead atoms. The van der Waals surface area contributed by atoms with Gasteiger partial charge < -0.3 is 24.2 Å². The number of carbonyl (C=O) groups is 2. The maximum absolute atomic E-state index is 14.3. The summed E-state index contributed by atoms with van der Waals surface area (Å²) in [5, 5.41) is 0. The summed E-state index contributed by atoms with van der Waals surface area (Å²) < 4.78 is 92.5. The van der Waals surface area contributed by atoms with Crippen molar-refractivity contribution in [3.8, 4) is 11.5 Å². The lowest BCUT2D eigenvalue weighted by atomic mass is 9.89. The van der Waals surface area contributed by atoms with E-state index >= 15 is 0 Å². The molecular weight excluding hydrogens is 604 g/mol. The molecule has 2 aliphatic rings. The molecule has 1 atom stereocenters. The highest BCUT2D eigenvalue weighted by atomic mass is 19.4. The molecule has 5 rings (SSSR count). The van der Waals surface area contributed by atoms with Gasteiger partial charge in [0.15, 0.2) is 0 Å². The van der Waals surface area contributed by atoms with Gasteiger partial charge in [0.05, 0.1) is 36.0 Å². The maximum atomic E-state index is 14.3. The highest BCUT2D eigenvalue weighted by Crippen LogP contribution is 2.37. The average Bonchev–Trinajstić information content (AvgIpc) is 3.03. The number of piperazine rings is 1. The normalized spacial score (nSPS) is 19.3. The molecule has 3 aromatic rings. The molecule has 2 amide bonds. The Hall–Kier alpha value is -4.42. The number of amides is 2. The van der Waals surface area contributed by atoms with Gasteiger partial charge in [0.2, 0.25) is 5.60 Å². The van der Waals surface area contributed by atoms with Crippen LogP contribution in [0.15, 0.2) is 72.8 Å². The fourth-order valence-electron chi connectivity index (χ4n) is 5.85. The third-order valence-corrected chi connectivity index (χ3v) is 8.08. The number of rotatable bonds is 6. The first kappa shape index (κ1) is 32.0. The summed E-state index contributed by atoms with van der Waals surface area (Å²) in [7, 11) is 1.56. The van der Waals surface area contributed by atoms with Gasteiger partial charge in [-0.1, -0.05) is 24.3 Å². The van der Waals surface area contributed by atoms with Crippen LogP contribution in [0.4, 0.5) is 32.0 Å². The number of likely N-dealkylation sites (tertiary alicyclic amines) is 1. The number of benzene rings is 3. The largest absolute Gasteiger partial charge is 0.495 e. The van der Waals surface area contributed by atoms with Crippen LogP contribution in [-0.2, 0) is 17.1 Å². The molecule has 0 N–H and O–H groups in total. The zero-order valence-corrected chi connectivity index (χ0v) is 24.3. The van der Waals surface area contributed by atoms with Crippen LogP contribution in [0.5, 0.6) is 11.5 Å². The number of piperidine rings is 1. The minimum Gasteiger partial charge on any atom is -0.495 e. The van der Waals surface area contributed by atoms with E-state index in [9.17, 15) is 35.9 Å². The van der Waals surface area contributed by atoms with Crippen LogP contribution < -0.4 is 14.4 Å². The van der Waals surface area contributed by atoms with Gasteiger partial charge in [-0.3, -0.25) is 9.59 Å². The first-order valence-corrected chi connectivity index (χ1v) is 14.3. The molecule has 0 radical (unpaired) electrons. The molecule has 45 heavy (non-hydrogen) atoms. The van der Waals surface area contributed by atoms with E-state index in [-0.39, 0.29) is 44.8 Å².